The van der Waals surface area contributed by atoms with Crippen LogP contribution in [0.4, 0.5) is 0 Å². The topological polar surface area (TPSA) is 39.1 Å². The zero-order chi connectivity index (χ0) is 12.0. The lowest BCUT2D eigenvalue weighted by Gasteiger charge is -2.37. The van der Waals surface area contributed by atoms with Crippen LogP contribution in [0.5, 0.6) is 0 Å². The summed E-state index contributed by atoms with van der Waals surface area (Å²) >= 11 is 0. The highest BCUT2D eigenvalue weighted by molar-refractivity contribution is 4.90. The summed E-state index contributed by atoms with van der Waals surface area (Å²) in [4.78, 5) is 2.54. The molecule has 1 aliphatic heterocycles. The van der Waals surface area contributed by atoms with Crippen LogP contribution in [0.3, 0.4) is 0 Å². The van der Waals surface area contributed by atoms with E-state index in [2.05, 4.69) is 37.1 Å². The van der Waals surface area contributed by atoms with E-state index in [1.54, 1.807) is 0 Å². The lowest BCUT2D eigenvalue weighted by molar-refractivity contribution is 0.121. The molecule has 0 aromatic rings. The van der Waals surface area contributed by atoms with Gasteiger partial charge in [-0.05, 0) is 38.6 Å². The first-order valence-electron chi connectivity index (χ1n) is 6.54. The maximum absolute atomic E-state index is 8.97. The van der Waals surface area contributed by atoms with Crippen LogP contribution >= 0.6 is 0 Å². The molecule has 1 saturated heterocycles. The number of nitrogens with one attached hydrogen (secondary N) is 1. The van der Waals surface area contributed by atoms with Gasteiger partial charge in [0.05, 0.1) is 12.1 Å². The quantitative estimate of drug-likeness (QED) is 0.775. The molecule has 16 heavy (non-hydrogen) atoms. The van der Waals surface area contributed by atoms with Gasteiger partial charge in [-0.2, -0.15) is 5.26 Å². The molecular formula is C13H25N3. The molecule has 0 aromatic carbocycles. The number of hydrogen-bond donors (Lipinski definition) is 1. The van der Waals surface area contributed by atoms with Crippen molar-refractivity contribution in [3.05, 3.63) is 0 Å². The fourth-order valence-electron chi connectivity index (χ4n) is 2.45. The molecule has 1 rings (SSSR count). The Morgan fingerprint density at radius 1 is 1.44 bits per heavy atom. The maximum atomic E-state index is 8.97. The van der Waals surface area contributed by atoms with Crippen molar-refractivity contribution in [1.29, 1.82) is 5.26 Å². The van der Waals surface area contributed by atoms with Crippen molar-refractivity contribution in [2.24, 2.45) is 5.92 Å². The Morgan fingerprint density at radius 3 is 2.81 bits per heavy atom. The zero-order valence-electron chi connectivity index (χ0n) is 10.9. The van der Waals surface area contributed by atoms with E-state index in [1.807, 2.05) is 0 Å². The molecule has 3 unspecified atom stereocenters. The fraction of sp³-hybridized carbons (Fsp3) is 0.923. The smallest absolute Gasteiger partial charge is 0.0965 e. The highest BCUT2D eigenvalue weighted by atomic mass is 15.2. The molecule has 0 radical (unpaired) electrons. The monoisotopic (exact) mass is 223 g/mol. The van der Waals surface area contributed by atoms with E-state index in [1.165, 1.54) is 19.4 Å². The van der Waals surface area contributed by atoms with Crippen LogP contribution in [0.1, 0.15) is 40.0 Å². The van der Waals surface area contributed by atoms with Gasteiger partial charge >= 0.3 is 0 Å². The SMILES string of the molecule is CCNC(C#N)CCN1CC(C)CCC1C. The molecule has 1 N–H and O–H groups in total. The van der Waals surface area contributed by atoms with Gasteiger partial charge in [0.1, 0.15) is 0 Å². The van der Waals surface area contributed by atoms with Crippen molar-refractivity contribution in [2.75, 3.05) is 19.6 Å². The third-order valence-electron chi connectivity index (χ3n) is 3.56. The van der Waals surface area contributed by atoms with Gasteiger partial charge in [0.25, 0.3) is 0 Å². The minimum atomic E-state index is 0.0226. The number of nitriles is 1. The summed E-state index contributed by atoms with van der Waals surface area (Å²) in [6, 6.07) is 3.05. The summed E-state index contributed by atoms with van der Waals surface area (Å²) in [6.45, 7) is 9.81. The standard InChI is InChI=1S/C13H25N3/c1-4-15-13(9-14)7-8-16-10-11(2)5-6-12(16)3/h11-13,15H,4-8,10H2,1-3H3. The third-order valence-corrected chi connectivity index (χ3v) is 3.56. The first kappa shape index (κ1) is 13.5. The molecule has 1 heterocycles. The van der Waals surface area contributed by atoms with E-state index in [0.29, 0.717) is 6.04 Å². The van der Waals surface area contributed by atoms with Crippen LogP contribution in [0.15, 0.2) is 0 Å². The lowest BCUT2D eigenvalue weighted by Crippen LogP contribution is -2.43. The van der Waals surface area contributed by atoms with Crippen LogP contribution < -0.4 is 5.32 Å². The van der Waals surface area contributed by atoms with E-state index < -0.39 is 0 Å². The van der Waals surface area contributed by atoms with E-state index in [4.69, 9.17) is 5.26 Å². The molecular weight excluding hydrogens is 198 g/mol. The lowest BCUT2D eigenvalue weighted by atomic mass is 9.95. The average molecular weight is 223 g/mol. The highest BCUT2D eigenvalue weighted by Crippen LogP contribution is 2.21. The number of hydrogen-bond acceptors (Lipinski definition) is 3. The Labute approximate surface area is 99.8 Å². The molecule has 0 spiro atoms. The van der Waals surface area contributed by atoms with E-state index in [9.17, 15) is 0 Å². The number of rotatable bonds is 5. The normalized spacial score (nSPS) is 28.6. The predicted octanol–water partition coefficient (Wildman–Crippen LogP) is 2.00. The van der Waals surface area contributed by atoms with Crippen molar-refractivity contribution in [3.63, 3.8) is 0 Å². The second-order valence-corrected chi connectivity index (χ2v) is 5.05. The van der Waals surface area contributed by atoms with Crippen LogP contribution in [0, 0.1) is 17.2 Å². The van der Waals surface area contributed by atoms with Crippen molar-refractivity contribution in [1.82, 2.24) is 10.2 Å². The van der Waals surface area contributed by atoms with E-state index in [-0.39, 0.29) is 6.04 Å². The van der Waals surface area contributed by atoms with Gasteiger partial charge < -0.3 is 10.2 Å². The molecule has 3 atom stereocenters. The first-order valence-corrected chi connectivity index (χ1v) is 6.54. The molecule has 3 heteroatoms. The minimum absolute atomic E-state index is 0.0226. The largest absolute Gasteiger partial charge is 0.302 e. The Hall–Kier alpha value is -0.590. The molecule has 3 nitrogen and oxygen atoms in total. The van der Waals surface area contributed by atoms with Crippen molar-refractivity contribution >= 4 is 0 Å². The summed E-state index contributed by atoms with van der Waals surface area (Å²) in [6.07, 6.45) is 3.60. The van der Waals surface area contributed by atoms with E-state index >= 15 is 0 Å². The maximum Gasteiger partial charge on any atom is 0.0965 e. The van der Waals surface area contributed by atoms with Crippen LogP contribution in [-0.2, 0) is 0 Å². The minimum Gasteiger partial charge on any atom is -0.302 e. The number of piperidine rings is 1. The van der Waals surface area contributed by atoms with Gasteiger partial charge in [-0.15, -0.1) is 0 Å². The summed E-state index contributed by atoms with van der Waals surface area (Å²) in [5.41, 5.74) is 0. The number of nitrogens with zero attached hydrogens (tertiary/aromatic N) is 2. The Morgan fingerprint density at radius 2 is 2.19 bits per heavy atom. The van der Waals surface area contributed by atoms with Crippen molar-refractivity contribution in [3.8, 4) is 6.07 Å². The molecule has 0 amide bonds. The van der Waals surface area contributed by atoms with Gasteiger partial charge in [-0.1, -0.05) is 13.8 Å². The summed E-state index contributed by atoms with van der Waals surface area (Å²) in [5, 5.41) is 12.2. The summed E-state index contributed by atoms with van der Waals surface area (Å²) in [7, 11) is 0. The number of likely N-dealkylation sites (tertiary alicyclic amines) is 1. The van der Waals surface area contributed by atoms with Gasteiger partial charge in [-0.25, -0.2) is 0 Å². The molecule has 0 saturated carbocycles. The fourth-order valence-corrected chi connectivity index (χ4v) is 2.45. The van der Waals surface area contributed by atoms with Gasteiger partial charge in [0.15, 0.2) is 0 Å². The second kappa shape index (κ2) is 6.88. The van der Waals surface area contributed by atoms with Crippen LogP contribution in [-0.4, -0.2) is 36.6 Å². The molecule has 0 aromatic heterocycles. The Balaban J connectivity index is 2.32. The molecule has 1 fully saturated rings. The second-order valence-electron chi connectivity index (χ2n) is 5.05. The summed E-state index contributed by atoms with van der Waals surface area (Å²) in [5.74, 6) is 0.816. The average Bonchev–Trinajstić information content (AvgIpc) is 2.28. The Kier molecular flexibility index (Phi) is 5.79. The third kappa shape index (κ3) is 4.11. The van der Waals surface area contributed by atoms with Crippen LogP contribution in [0.2, 0.25) is 0 Å². The van der Waals surface area contributed by atoms with Crippen molar-refractivity contribution < 1.29 is 0 Å². The van der Waals surface area contributed by atoms with Gasteiger partial charge in [0, 0.05) is 19.1 Å². The first-order chi connectivity index (χ1) is 7.67. The molecule has 1 aliphatic rings. The highest BCUT2D eigenvalue weighted by Gasteiger charge is 2.23. The molecule has 92 valence electrons. The van der Waals surface area contributed by atoms with Crippen molar-refractivity contribution in [2.45, 2.75) is 52.1 Å². The van der Waals surface area contributed by atoms with Gasteiger partial charge in [-0.3, -0.25) is 0 Å². The predicted molar refractivity (Wildman–Crippen MR) is 67.1 cm³/mol. The summed E-state index contributed by atoms with van der Waals surface area (Å²) < 4.78 is 0. The molecule has 0 bridgehead atoms. The molecule has 0 aliphatic carbocycles. The van der Waals surface area contributed by atoms with Crippen LogP contribution in [0.25, 0.3) is 0 Å². The zero-order valence-corrected chi connectivity index (χ0v) is 10.9. The van der Waals surface area contributed by atoms with Gasteiger partial charge in [0.2, 0.25) is 0 Å². The van der Waals surface area contributed by atoms with E-state index in [0.717, 1.165) is 25.4 Å². The Bertz CT molecular complexity index is 234.